The first-order valence-electron chi connectivity index (χ1n) is 6.95. The molecule has 0 spiro atoms. The van der Waals surface area contributed by atoms with E-state index in [1.165, 1.54) is 5.56 Å². The average Bonchev–Trinajstić information content (AvgIpc) is 2.92. The van der Waals surface area contributed by atoms with Crippen molar-refractivity contribution in [2.45, 2.75) is 38.2 Å². The molecule has 0 amide bonds. The predicted molar refractivity (Wildman–Crippen MR) is 86.2 cm³/mol. The lowest BCUT2D eigenvalue weighted by Crippen LogP contribution is -2.19. The molecule has 0 saturated heterocycles. The first-order chi connectivity index (χ1) is 9.43. The third-order valence-electron chi connectivity index (χ3n) is 3.66. The van der Waals surface area contributed by atoms with Gasteiger partial charge in [-0.3, -0.25) is 0 Å². The molecule has 2 aromatic rings. The van der Waals surface area contributed by atoms with Crippen molar-refractivity contribution in [3.63, 3.8) is 0 Å². The van der Waals surface area contributed by atoms with E-state index in [0.29, 0.717) is 6.54 Å². The van der Waals surface area contributed by atoms with Crippen molar-refractivity contribution in [3.8, 4) is 0 Å². The Balaban J connectivity index is 2.22. The van der Waals surface area contributed by atoms with Crippen molar-refractivity contribution in [2.24, 2.45) is 5.73 Å². The van der Waals surface area contributed by atoms with Crippen LogP contribution in [0.2, 0.25) is 0 Å². The maximum Gasteiger partial charge on any atom is 0.0878 e. The van der Waals surface area contributed by atoms with Gasteiger partial charge in [0.1, 0.15) is 0 Å². The molecule has 2 atom stereocenters. The summed E-state index contributed by atoms with van der Waals surface area (Å²) in [4.78, 5) is 1.14. The summed E-state index contributed by atoms with van der Waals surface area (Å²) < 4.78 is 0. The van der Waals surface area contributed by atoms with Gasteiger partial charge in [-0.2, -0.15) is 0 Å². The van der Waals surface area contributed by atoms with Crippen LogP contribution in [0.1, 0.15) is 48.8 Å². The summed E-state index contributed by atoms with van der Waals surface area (Å²) in [6.07, 6.45) is -0.548. The highest BCUT2D eigenvalue weighted by Crippen LogP contribution is 2.33. The molecular weight excluding hydrogens is 266 g/mol. The van der Waals surface area contributed by atoms with Crippen LogP contribution < -0.4 is 5.73 Å². The molecule has 1 heterocycles. The molecule has 3 heteroatoms. The van der Waals surface area contributed by atoms with Gasteiger partial charge in [-0.15, -0.1) is 11.3 Å². The van der Waals surface area contributed by atoms with Gasteiger partial charge in [0.05, 0.1) is 6.10 Å². The number of rotatable bonds is 4. The fraction of sp³-hybridized carbons (Fsp3) is 0.412. The first kappa shape index (κ1) is 15.2. The van der Waals surface area contributed by atoms with Crippen LogP contribution in [-0.2, 0) is 5.41 Å². The molecule has 2 nitrogen and oxygen atoms in total. The fourth-order valence-corrected chi connectivity index (χ4v) is 3.19. The van der Waals surface area contributed by atoms with Crippen LogP contribution in [0.3, 0.4) is 0 Å². The molecule has 0 saturated carbocycles. The standard InChI is InChI=1S/C17H23NOS/c1-17(2,3)13-8-6-12(7-9-13)16(19)14(11-18)15-5-4-10-20-15/h4-10,14,16,19H,11,18H2,1-3H3. The number of hydrogen-bond donors (Lipinski definition) is 2. The lowest BCUT2D eigenvalue weighted by atomic mass is 9.85. The lowest BCUT2D eigenvalue weighted by Gasteiger charge is -2.23. The van der Waals surface area contributed by atoms with Crippen molar-refractivity contribution in [1.29, 1.82) is 0 Å². The van der Waals surface area contributed by atoms with Gasteiger partial charge in [-0.05, 0) is 28.0 Å². The highest BCUT2D eigenvalue weighted by Gasteiger charge is 2.23. The van der Waals surface area contributed by atoms with Gasteiger partial charge in [0.25, 0.3) is 0 Å². The Kier molecular flexibility index (Phi) is 4.63. The largest absolute Gasteiger partial charge is 0.388 e. The van der Waals surface area contributed by atoms with E-state index in [1.54, 1.807) is 11.3 Å². The minimum atomic E-state index is -0.548. The molecule has 20 heavy (non-hydrogen) atoms. The van der Waals surface area contributed by atoms with Gasteiger partial charge in [0, 0.05) is 17.3 Å². The zero-order chi connectivity index (χ0) is 14.8. The minimum Gasteiger partial charge on any atom is -0.388 e. The Labute approximate surface area is 125 Å². The van der Waals surface area contributed by atoms with Crippen molar-refractivity contribution < 1.29 is 5.11 Å². The van der Waals surface area contributed by atoms with Crippen molar-refractivity contribution in [3.05, 3.63) is 57.8 Å². The second-order valence-corrected chi connectivity index (χ2v) is 7.15. The zero-order valence-electron chi connectivity index (χ0n) is 12.3. The summed E-state index contributed by atoms with van der Waals surface area (Å²) >= 11 is 1.65. The second-order valence-electron chi connectivity index (χ2n) is 6.17. The Morgan fingerprint density at radius 2 is 1.80 bits per heavy atom. The third kappa shape index (κ3) is 3.29. The van der Waals surface area contributed by atoms with E-state index < -0.39 is 6.10 Å². The zero-order valence-corrected chi connectivity index (χ0v) is 13.2. The predicted octanol–water partition coefficient (Wildman–Crippen LogP) is 3.82. The highest BCUT2D eigenvalue weighted by atomic mass is 32.1. The van der Waals surface area contributed by atoms with Crippen LogP contribution in [0.15, 0.2) is 41.8 Å². The molecule has 2 rings (SSSR count). The van der Waals surface area contributed by atoms with Gasteiger partial charge in [-0.25, -0.2) is 0 Å². The number of benzene rings is 1. The Morgan fingerprint density at radius 3 is 2.25 bits per heavy atom. The average molecular weight is 289 g/mol. The molecule has 0 fully saturated rings. The van der Waals surface area contributed by atoms with E-state index in [2.05, 4.69) is 32.9 Å². The number of nitrogens with two attached hydrogens (primary N) is 1. The molecule has 0 radical (unpaired) electrons. The second kappa shape index (κ2) is 6.08. The van der Waals surface area contributed by atoms with E-state index in [9.17, 15) is 5.11 Å². The maximum atomic E-state index is 10.6. The summed E-state index contributed by atoms with van der Waals surface area (Å²) in [6, 6.07) is 12.3. The molecule has 3 N–H and O–H groups in total. The topological polar surface area (TPSA) is 46.2 Å². The first-order valence-corrected chi connectivity index (χ1v) is 7.83. The fourth-order valence-electron chi connectivity index (χ4n) is 2.32. The number of hydrogen-bond acceptors (Lipinski definition) is 3. The maximum absolute atomic E-state index is 10.6. The SMILES string of the molecule is CC(C)(C)c1ccc(C(O)C(CN)c2cccs2)cc1. The van der Waals surface area contributed by atoms with E-state index in [4.69, 9.17) is 5.73 Å². The van der Waals surface area contributed by atoms with Crippen LogP contribution in [0.25, 0.3) is 0 Å². The van der Waals surface area contributed by atoms with Gasteiger partial charge >= 0.3 is 0 Å². The molecule has 0 bridgehead atoms. The Bertz CT molecular complexity index is 525. The van der Waals surface area contributed by atoms with E-state index in [-0.39, 0.29) is 11.3 Å². The highest BCUT2D eigenvalue weighted by molar-refractivity contribution is 7.10. The van der Waals surface area contributed by atoms with Crippen molar-refractivity contribution in [1.82, 2.24) is 0 Å². The molecule has 1 aromatic carbocycles. The van der Waals surface area contributed by atoms with Crippen LogP contribution in [0.5, 0.6) is 0 Å². The van der Waals surface area contributed by atoms with Crippen LogP contribution in [-0.4, -0.2) is 11.7 Å². The van der Waals surface area contributed by atoms with E-state index >= 15 is 0 Å². The van der Waals surface area contributed by atoms with Crippen LogP contribution >= 0.6 is 11.3 Å². The normalized spacial score (nSPS) is 15.1. The summed E-state index contributed by atoms with van der Waals surface area (Å²) in [5.41, 5.74) is 8.18. The monoisotopic (exact) mass is 289 g/mol. The smallest absolute Gasteiger partial charge is 0.0878 e. The van der Waals surface area contributed by atoms with E-state index in [0.717, 1.165) is 10.4 Å². The van der Waals surface area contributed by atoms with Crippen molar-refractivity contribution >= 4 is 11.3 Å². The summed E-state index contributed by atoms with van der Waals surface area (Å²) in [7, 11) is 0. The third-order valence-corrected chi connectivity index (χ3v) is 4.67. The number of aliphatic hydroxyl groups excluding tert-OH is 1. The Hall–Kier alpha value is -1.16. The van der Waals surface area contributed by atoms with Gasteiger partial charge in [-0.1, -0.05) is 51.1 Å². The van der Waals surface area contributed by atoms with Crippen molar-refractivity contribution in [2.75, 3.05) is 6.54 Å². The molecule has 0 aliphatic heterocycles. The molecular formula is C17H23NOS. The quantitative estimate of drug-likeness (QED) is 0.898. The minimum absolute atomic E-state index is 0.0320. The van der Waals surface area contributed by atoms with Gasteiger partial charge < -0.3 is 10.8 Å². The van der Waals surface area contributed by atoms with Gasteiger partial charge in [0.2, 0.25) is 0 Å². The Morgan fingerprint density at radius 1 is 1.15 bits per heavy atom. The summed E-state index contributed by atoms with van der Waals surface area (Å²) in [5, 5.41) is 12.6. The molecule has 1 aromatic heterocycles. The molecule has 0 aliphatic rings. The number of aliphatic hydroxyl groups is 1. The van der Waals surface area contributed by atoms with Crippen LogP contribution in [0.4, 0.5) is 0 Å². The molecule has 108 valence electrons. The lowest BCUT2D eigenvalue weighted by molar-refractivity contribution is 0.149. The molecule has 0 aliphatic carbocycles. The van der Waals surface area contributed by atoms with E-state index in [1.807, 2.05) is 29.6 Å². The van der Waals surface area contributed by atoms with Gasteiger partial charge in [0.15, 0.2) is 0 Å². The summed E-state index contributed by atoms with van der Waals surface area (Å²) in [5.74, 6) is -0.0320. The number of thiophene rings is 1. The summed E-state index contributed by atoms with van der Waals surface area (Å²) in [6.45, 7) is 7.01. The van der Waals surface area contributed by atoms with Crippen LogP contribution in [0, 0.1) is 0 Å². The molecule has 2 unspecified atom stereocenters.